The number of rotatable bonds is 2. The highest BCUT2D eigenvalue weighted by Gasteiger charge is 2.39. The Hall–Kier alpha value is -0.890. The zero-order valence-corrected chi connectivity index (χ0v) is 7.73. The Morgan fingerprint density at radius 2 is 2.23 bits per heavy atom. The minimum atomic E-state index is -0.683. The van der Waals surface area contributed by atoms with Crippen LogP contribution in [0.5, 0.6) is 0 Å². The lowest BCUT2D eigenvalue weighted by atomic mass is 10.2. The van der Waals surface area contributed by atoms with Crippen molar-refractivity contribution in [1.82, 2.24) is 0 Å². The molecule has 4 heteroatoms. The molecule has 2 atom stereocenters. The number of aliphatic hydroxyl groups excluding tert-OH is 1. The zero-order chi connectivity index (χ0) is 9.90. The highest BCUT2D eigenvalue weighted by Crippen LogP contribution is 2.28. The first kappa shape index (κ1) is 10.2. The summed E-state index contributed by atoms with van der Waals surface area (Å²) < 4.78 is 10.8. The van der Waals surface area contributed by atoms with Crippen molar-refractivity contribution in [1.29, 1.82) is 5.26 Å². The Morgan fingerprint density at radius 3 is 2.77 bits per heavy atom. The summed E-state index contributed by atoms with van der Waals surface area (Å²) in [6, 6.07) is 1.87. The number of nitrogens with zero attached hydrogens (tertiary/aromatic N) is 1. The maximum atomic E-state index is 8.95. The monoisotopic (exact) mass is 183 g/mol. The summed E-state index contributed by atoms with van der Waals surface area (Å²) in [7, 11) is 0. The molecule has 1 heterocycles. The summed E-state index contributed by atoms with van der Waals surface area (Å²) in [6.45, 7) is 3.44. The van der Waals surface area contributed by atoms with Crippen LogP contribution in [0.4, 0.5) is 0 Å². The molecule has 1 aliphatic heterocycles. The SMILES string of the molecule is CC1(C)OC(/C=C/C#N)C(CO)O1. The second kappa shape index (κ2) is 3.88. The maximum Gasteiger partial charge on any atom is 0.164 e. The topological polar surface area (TPSA) is 62.5 Å². The third kappa shape index (κ3) is 2.52. The summed E-state index contributed by atoms with van der Waals surface area (Å²) in [5, 5.41) is 17.3. The molecule has 0 bridgehead atoms. The quantitative estimate of drug-likeness (QED) is 0.636. The van der Waals surface area contributed by atoms with Crippen LogP contribution in [-0.4, -0.2) is 29.7 Å². The molecule has 0 saturated carbocycles. The number of hydrogen-bond acceptors (Lipinski definition) is 4. The molecule has 4 nitrogen and oxygen atoms in total. The van der Waals surface area contributed by atoms with E-state index in [1.165, 1.54) is 6.08 Å². The zero-order valence-electron chi connectivity index (χ0n) is 7.73. The van der Waals surface area contributed by atoms with Crippen LogP contribution in [0.3, 0.4) is 0 Å². The van der Waals surface area contributed by atoms with Crippen molar-refractivity contribution < 1.29 is 14.6 Å². The molecule has 1 saturated heterocycles. The molecule has 2 unspecified atom stereocenters. The smallest absolute Gasteiger partial charge is 0.164 e. The van der Waals surface area contributed by atoms with Gasteiger partial charge in [0.15, 0.2) is 5.79 Å². The molecule has 0 aliphatic carbocycles. The Balaban J connectivity index is 2.65. The van der Waals surface area contributed by atoms with E-state index in [0.29, 0.717) is 0 Å². The van der Waals surface area contributed by atoms with Gasteiger partial charge in [-0.3, -0.25) is 0 Å². The van der Waals surface area contributed by atoms with E-state index >= 15 is 0 Å². The molecule has 1 rings (SSSR count). The van der Waals surface area contributed by atoms with E-state index in [-0.39, 0.29) is 18.8 Å². The first-order valence-corrected chi connectivity index (χ1v) is 4.12. The summed E-state index contributed by atoms with van der Waals surface area (Å²) >= 11 is 0. The van der Waals surface area contributed by atoms with Gasteiger partial charge in [-0.2, -0.15) is 5.26 Å². The van der Waals surface area contributed by atoms with Crippen LogP contribution in [0.25, 0.3) is 0 Å². The average molecular weight is 183 g/mol. The van der Waals surface area contributed by atoms with Crippen molar-refractivity contribution >= 4 is 0 Å². The van der Waals surface area contributed by atoms with Crippen molar-refractivity contribution in [2.24, 2.45) is 0 Å². The van der Waals surface area contributed by atoms with E-state index in [2.05, 4.69) is 0 Å². The number of nitriles is 1. The fraction of sp³-hybridized carbons (Fsp3) is 0.667. The van der Waals surface area contributed by atoms with Gasteiger partial charge in [0, 0.05) is 6.08 Å². The summed E-state index contributed by atoms with van der Waals surface area (Å²) in [5.74, 6) is -0.683. The first-order valence-electron chi connectivity index (χ1n) is 4.12. The van der Waals surface area contributed by atoms with Crippen molar-refractivity contribution in [2.75, 3.05) is 6.61 Å². The van der Waals surface area contributed by atoms with Gasteiger partial charge in [0.1, 0.15) is 12.2 Å². The normalized spacial score (nSPS) is 32.2. The summed E-state index contributed by atoms with van der Waals surface area (Å²) in [6.07, 6.45) is 2.22. The Bertz CT molecular complexity index is 242. The van der Waals surface area contributed by atoms with E-state index in [4.69, 9.17) is 19.8 Å². The van der Waals surface area contributed by atoms with Gasteiger partial charge in [-0.25, -0.2) is 0 Å². The van der Waals surface area contributed by atoms with Gasteiger partial charge in [-0.05, 0) is 19.9 Å². The van der Waals surface area contributed by atoms with Crippen molar-refractivity contribution in [3.8, 4) is 6.07 Å². The van der Waals surface area contributed by atoms with E-state index < -0.39 is 5.79 Å². The lowest BCUT2D eigenvalue weighted by Crippen LogP contribution is -2.24. The molecule has 0 spiro atoms. The summed E-state index contributed by atoms with van der Waals surface area (Å²) in [5.41, 5.74) is 0. The van der Waals surface area contributed by atoms with Gasteiger partial charge in [0.25, 0.3) is 0 Å². The summed E-state index contributed by atoms with van der Waals surface area (Å²) in [4.78, 5) is 0. The highest BCUT2D eigenvalue weighted by atomic mass is 16.8. The number of aliphatic hydroxyl groups is 1. The Kier molecular flexibility index (Phi) is 3.04. The largest absolute Gasteiger partial charge is 0.394 e. The van der Waals surface area contributed by atoms with Gasteiger partial charge in [-0.1, -0.05) is 0 Å². The van der Waals surface area contributed by atoms with Crippen LogP contribution in [0.2, 0.25) is 0 Å². The fourth-order valence-corrected chi connectivity index (χ4v) is 1.31. The average Bonchev–Trinajstić information content (AvgIpc) is 2.37. The lowest BCUT2D eigenvalue weighted by Gasteiger charge is -2.15. The molecule has 1 fully saturated rings. The predicted octanol–water partition coefficient (Wildman–Crippen LogP) is 0.579. The molecule has 0 radical (unpaired) electrons. The Labute approximate surface area is 77.4 Å². The minimum absolute atomic E-state index is 0.107. The van der Waals surface area contributed by atoms with Crippen LogP contribution >= 0.6 is 0 Å². The number of ether oxygens (including phenoxy) is 2. The molecule has 0 aromatic heterocycles. The van der Waals surface area contributed by atoms with Crippen LogP contribution in [0, 0.1) is 11.3 Å². The Morgan fingerprint density at radius 1 is 1.54 bits per heavy atom. The predicted molar refractivity (Wildman–Crippen MR) is 45.7 cm³/mol. The van der Waals surface area contributed by atoms with E-state index in [9.17, 15) is 0 Å². The lowest BCUT2D eigenvalue weighted by molar-refractivity contribution is -0.146. The van der Waals surface area contributed by atoms with Crippen LogP contribution < -0.4 is 0 Å². The van der Waals surface area contributed by atoms with Gasteiger partial charge in [0.2, 0.25) is 0 Å². The molecule has 1 N–H and O–H groups in total. The van der Waals surface area contributed by atoms with Gasteiger partial charge in [-0.15, -0.1) is 0 Å². The molecule has 72 valence electrons. The van der Waals surface area contributed by atoms with Crippen molar-refractivity contribution in [3.63, 3.8) is 0 Å². The van der Waals surface area contributed by atoms with Gasteiger partial charge < -0.3 is 14.6 Å². The minimum Gasteiger partial charge on any atom is -0.394 e. The van der Waals surface area contributed by atoms with E-state index in [0.717, 1.165) is 0 Å². The molecule has 1 aliphatic rings. The van der Waals surface area contributed by atoms with E-state index in [1.54, 1.807) is 19.9 Å². The second-order valence-corrected chi connectivity index (χ2v) is 3.31. The number of hydrogen-bond donors (Lipinski definition) is 1. The fourth-order valence-electron chi connectivity index (χ4n) is 1.31. The van der Waals surface area contributed by atoms with Crippen LogP contribution in [0.1, 0.15) is 13.8 Å². The molecule has 0 aromatic carbocycles. The van der Waals surface area contributed by atoms with Gasteiger partial charge in [0.05, 0.1) is 12.7 Å². The molecule has 0 aromatic rings. The molecular weight excluding hydrogens is 170 g/mol. The standard InChI is InChI=1S/C9H13NO3/c1-9(2)12-7(4-3-5-10)8(6-11)13-9/h3-4,7-8,11H,6H2,1-2H3/b4-3+. The third-order valence-electron chi connectivity index (χ3n) is 1.76. The van der Waals surface area contributed by atoms with Crippen molar-refractivity contribution in [3.05, 3.63) is 12.2 Å². The third-order valence-corrected chi connectivity index (χ3v) is 1.76. The van der Waals surface area contributed by atoms with Crippen LogP contribution in [-0.2, 0) is 9.47 Å². The van der Waals surface area contributed by atoms with Crippen LogP contribution in [0.15, 0.2) is 12.2 Å². The second-order valence-electron chi connectivity index (χ2n) is 3.31. The maximum absolute atomic E-state index is 8.95. The van der Waals surface area contributed by atoms with E-state index in [1.807, 2.05) is 6.07 Å². The first-order chi connectivity index (χ1) is 6.09. The number of allylic oxidation sites excluding steroid dienone is 1. The molecular formula is C9H13NO3. The van der Waals surface area contributed by atoms with Gasteiger partial charge >= 0.3 is 0 Å². The molecule has 13 heavy (non-hydrogen) atoms. The molecule has 0 amide bonds. The van der Waals surface area contributed by atoms with Crippen molar-refractivity contribution in [2.45, 2.75) is 31.8 Å². The highest BCUT2D eigenvalue weighted by molar-refractivity contribution is 5.07.